The molecular weight excluding hydrogens is 661 g/mol. The minimum Gasteiger partial charge on any atom is -0.444 e. The Morgan fingerprint density at radius 1 is 0.642 bits per heavy atom. The summed E-state index contributed by atoms with van der Waals surface area (Å²) in [4.78, 5) is 18.9. The number of amides is 1. The molecule has 2 aliphatic rings. The summed E-state index contributed by atoms with van der Waals surface area (Å²) in [6.45, 7) is 14.9. The van der Waals surface area contributed by atoms with E-state index in [4.69, 9.17) is 4.74 Å². The molecule has 0 radical (unpaired) electrons. The number of carbonyl (C=O) groups is 1. The molecule has 2 aromatic heterocycles. The number of benzene rings is 4. The van der Waals surface area contributed by atoms with Crippen molar-refractivity contribution in [3.63, 3.8) is 0 Å². The Labute approximate surface area is 311 Å². The minimum absolute atomic E-state index is 0.223. The Kier molecular flexibility index (Phi) is 11.3. The van der Waals surface area contributed by atoms with E-state index >= 15 is 0 Å². The van der Waals surface area contributed by atoms with E-state index in [2.05, 4.69) is 102 Å². The Bertz CT molecular complexity index is 2120. The highest BCUT2D eigenvalue weighted by atomic mass is 16.6. The van der Waals surface area contributed by atoms with Crippen molar-refractivity contribution in [3.8, 4) is 22.3 Å². The summed E-state index contributed by atoms with van der Waals surface area (Å²) in [5, 5.41) is 22.6. The van der Waals surface area contributed by atoms with E-state index in [0.29, 0.717) is 13.1 Å². The molecule has 1 amide bonds. The van der Waals surface area contributed by atoms with E-state index in [1.807, 2.05) is 63.5 Å². The number of ether oxygens (including phenoxy) is 1. The van der Waals surface area contributed by atoms with E-state index in [1.165, 1.54) is 22.1 Å². The van der Waals surface area contributed by atoms with Crippen molar-refractivity contribution in [1.82, 2.24) is 40.4 Å². The Balaban J connectivity index is 0.000000170. The molecule has 53 heavy (non-hydrogen) atoms. The SMILES string of the molecule is CC(C)(C)OC(=O)N1CCN(Cc2ccc3nncc(-c4ccccc4)c3c2)CC1.c1ccc(-c2cnnc3ccc(CN4CCNCC4)cc23)cc1. The number of carbonyl (C=O) groups excluding carboxylic acids is 1. The van der Waals surface area contributed by atoms with Gasteiger partial charge in [-0.15, -0.1) is 0 Å². The first kappa shape index (κ1) is 36.1. The Morgan fingerprint density at radius 2 is 1.11 bits per heavy atom. The molecule has 4 heterocycles. The fraction of sp³-hybridized carbons (Fsp3) is 0.326. The van der Waals surface area contributed by atoms with Crippen molar-refractivity contribution >= 4 is 27.9 Å². The predicted molar refractivity (Wildman–Crippen MR) is 211 cm³/mol. The molecule has 1 N–H and O–H groups in total. The number of nitrogens with one attached hydrogen (secondary N) is 1. The molecule has 2 aliphatic heterocycles. The third-order valence-electron chi connectivity index (χ3n) is 9.62. The van der Waals surface area contributed by atoms with Crippen LogP contribution in [0.1, 0.15) is 31.9 Å². The maximum Gasteiger partial charge on any atom is 0.410 e. The minimum atomic E-state index is -0.460. The van der Waals surface area contributed by atoms with Crippen LogP contribution in [0.4, 0.5) is 4.79 Å². The molecule has 6 aromatic rings. The lowest BCUT2D eigenvalue weighted by Gasteiger charge is -2.35. The second-order valence-electron chi connectivity index (χ2n) is 14.7. The summed E-state index contributed by atoms with van der Waals surface area (Å²) < 4.78 is 5.49. The molecule has 2 fully saturated rings. The van der Waals surface area contributed by atoms with Crippen molar-refractivity contribution in [1.29, 1.82) is 0 Å². The summed E-state index contributed by atoms with van der Waals surface area (Å²) in [6.07, 6.45) is 3.48. The van der Waals surface area contributed by atoms with Crippen molar-refractivity contribution in [2.24, 2.45) is 0 Å². The third-order valence-corrected chi connectivity index (χ3v) is 9.62. The smallest absolute Gasteiger partial charge is 0.410 e. The summed E-state index contributed by atoms with van der Waals surface area (Å²) in [7, 11) is 0. The van der Waals surface area contributed by atoms with E-state index in [0.717, 1.165) is 85.5 Å². The van der Waals surface area contributed by atoms with Gasteiger partial charge in [0, 0.05) is 87.3 Å². The Morgan fingerprint density at radius 3 is 1.58 bits per heavy atom. The van der Waals surface area contributed by atoms with Crippen molar-refractivity contribution in [2.45, 2.75) is 39.5 Å². The van der Waals surface area contributed by atoms with Crippen molar-refractivity contribution < 1.29 is 9.53 Å². The fourth-order valence-electron chi connectivity index (χ4n) is 6.90. The lowest BCUT2D eigenvalue weighted by atomic mass is 10.0. The molecule has 0 unspecified atom stereocenters. The molecule has 2 saturated heterocycles. The summed E-state index contributed by atoms with van der Waals surface area (Å²) >= 11 is 0. The van der Waals surface area contributed by atoms with Gasteiger partial charge in [0.05, 0.1) is 23.4 Å². The van der Waals surface area contributed by atoms with Crippen LogP contribution in [0.2, 0.25) is 0 Å². The zero-order valence-electron chi connectivity index (χ0n) is 30.9. The normalized spacial score (nSPS) is 15.6. The van der Waals surface area contributed by atoms with Crippen LogP contribution in [-0.2, 0) is 17.8 Å². The lowest BCUT2D eigenvalue weighted by molar-refractivity contribution is 0.0139. The fourth-order valence-corrected chi connectivity index (χ4v) is 6.90. The zero-order chi connectivity index (χ0) is 36.6. The number of fused-ring (bicyclic) bond motifs is 2. The van der Waals surface area contributed by atoms with Crippen LogP contribution in [0, 0.1) is 0 Å². The molecule has 10 nitrogen and oxygen atoms in total. The molecule has 0 spiro atoms. The first-order chi connectivity index (χ1) is 25.8. The van der Waals surface area contributed by atoms with Crippen molar-refractivity contribution in [3.05, 3.63) is 121 Å². The number of piperazine rings is 2. The molecule has 0 atom stereocenters. The number of nitrogens with zero attached hydrogens (tertiary/aromatic N) is 7. The maximum atomic E-state index is 12.3. The van der Waals surface area contributed by atoms with E-state index in [1.54, 1.807) is 4.90 Å². The summed E-state index contributed by atoms with van der Waals surface area (Å²) in [6, 6.07) is 33.6. The molecule has 8 rings (SSSR count). The molecular formula is C43H48N8O2. The van der Waals surface area contributed by atoms with Crippen molar-refractivity contribution in [2.75, 3.05) is 52.4 Å². The number of hydrogen-bond donors (Lipinski definition) is 1. The van der Waals surface area contributed by atoms with Crippen LogP contribution >= 0.6 is 0 Å². The van der Waals surface area contributed by atoms with Gasteiger partial charge in [0.15, 0.2) is 0 Å². The standard InChI is InChI=1S/C24H28N4O2.C19H20N4/c1-24(2,3)30-23(29)28-13-11-27(12-14-28)17-18-9-10-22-20(15-18)21(16-25-26-22)19-7-5-4-6-8-19;1-2-4-16(5-3-1)18-13-21-22-19-7-6-15(12-17(18)19)14-23-10-8-20-9-11-23/h4-10,15-16H,11-14,17H2,1-3H3;1-7,12-13,20H,8-11,14H2. The van der Waals surface area contributed by atoms with Gasteiger partial charge in [-0.05, 0) is 67.3 Å². The number of aromatic nitrogens is 4. The summed E-state index contributed by atoms with van der Waals surface area (Å²) in [5.41, 5.74) is 8.54. The van der Waals surface area contributed by atoms with E-state index in [9.17, 15) is 4.79 Å². The molecule has 10 heteroatoms. The maximum absolute atomic E-state index is 12.3. The molecule has 0 aliphatic carbocycles. The van der Waals surface area contributed by atoms with Crippen LogP contribution in [0.3, 0.4) is 0 Å². The first-order valence-corrected chi connectivity index (χ1v) is 18.5. The monoisotopic (exact) mass is 708 g/mol. The van der Waals surface area contributed by atoms with Crippen LogP contribution in [0.25, 0.3) is 44.1 Å². The molecule has 0 bridgehead atoms. The lowest BCUT2D eigenvalue weighted by Crippen LogP contribution is -2.49. The quantitative estimate of drug-likeness (QED) is 0.195. The largest absolute Gasteiger partial charge is 0.444 e. The van der Waals surface area contributed by atoms with Gasteiger partial charge in [0.2, 0.25) is 0 Å². The van der Waals surface area contributed by atoms with Gasteiger partial charge in [-0.3, -0.25) is 9.80 Å². The average molecular weight is 709 g/mol. The van der Waals surface area contributed by atoms with Gasteiger partial charge in [-0.1, -0.05) is 72.8 Å². The van der Waals surface area contributed by atoms with Gasteiger partial charge in [-0.25, -0.2) is 4.79 Å². The van der Waals surface area contributed by atoms with Gasteiger partial charge < -0.3 is 15.0 Å². The second-order valence-corrected chi connectivity index (χ2v) is 14.7. The predicted octanol–water partition coefficient (Wildman–Crippen LogP) is 7.05. The average Bonchev–Trinajstić information content (AvgIpc) is 3.18. The summed E-state index contributed by atoms with van der Waals surface area (Å²) in [5.74, 6) is 0. The third kappa shape index (κ3) is 9.39. The van der Waals surface area contributed by atoms with Crippen LogP contribution in [0.5, 0.6) is 0 Å². The van der Waals surface area contributed by atoms with Gasteiger partial charge in [0.1, 0.15) is 5.60 Å². The highest BCUT2D eigenvalue weighted by Gasteiger charge is 2.26. The Hall–Kier alpha value is -5.29. The van der Waals surface area contributed by atoms with Crippen LogP contribution in [-0.4, -0.2) is 99.1 Å². The first-order valence-electron chi connectivity index (χ1n) is 18.5. The van der Waals surface area contributed by atoms with Gasteiger partial charge in [-0.2, -0.15) is 20.4 Å². The van der Waals surface area contributed by atoms with E-state index < -0.39 is 5.60 Å². The number of rotatable bonds is 6. The highest BCUT2D eigenvalue weighted by Crippen LogP contribution is 2.29. The van der Waals surface area contributed by atoms with Crippen LogP contribution in [0.15, 0.2) is 109 Å². The van der Waals surface area contributed by atoms with E-state index in [-0.39, 0.29) is 6.09 Å². The highest BCUT2D eigenvalue weighted by molar-refractivity contribution is 5.95. The van der Waals surface area contributed by atoms with Crippen LogP contribution < -0.4 is 5.32 Å². The molecule has 0 saturated carbocycles. The molecule has 4 aromatic carbocycles. The second kappa shape index (κ2) is 16.6. The number of hydrogen-bond acceptors (Lipinski definition) is 9. The van der Waals surface area contributed by atoms with Gasteiger partial charge >= 0.3 is 6.09 Å². The topological polar surface area (TPSA) is 99.6 Å². The van der Waals surface area contributed by atoms with Gasteiger partial charge in [0.25, 0.3) is 0 Å². The zero-order valence-corrected chi connectivity index (χ0v) is 30.9. The molecule has 272 valence electrons.